The first-order valence-electron chi connectivity index (χ1n) is 9.58. The lowest BCUT2D eigenvalue weighted by Gasteiger charge is -2.33. The van der Waals surface area contributed by atoms with Crippen molar-refractivity contribution in [2.45, 2.75) is 25.7 Å². The molecule has 2 aliphatic heterocycles. The molecule has 0 N–H and O–H groups in total. The number of piperidine rings is 1. The Kier molecular flexibility index (Phi) is 3.99. The van der Waals surface area contributed by atoms with Gasteiger partial charge in [-0.05, 0) is 48.9 Å². The minimum atomic E-state index is 0.266. The van der Waals surface area contributed by atoms with Crippen LogP contribution in [0.1, 0.15) is 24.8 Å². The van der Waals surface area contributed by atoms with Crippen LogP contribution in [0.2, 0.25) is 0 Å². The van der Waals surface area contributed by atoms with E-state index in [0.717, 1.165) is 56.0 Å². The molecule has 0 atom stereocenters. The molecule has 5 rings (SSSR count). The number of nitrogens with zero attached hydrogens (tertiary/aromatic N) is 6. The number of para-hydroxylation sites is 1. The second-order valence-electron chi connectivity index (χ2n) is 7.38. The summed E-state index contributed by atoms with van der Waals surface area (Å²) in [5.74, 6) is 1.66. The lowest BCUT2D eigenvalue weighted by molar-refractivity contribution is -0.119. The molecule has 0 aliphatic carbocycles. The first-order valence-corrected chi connectivity index (χ1v) is 9.58. The van der Waals surface area contributed by atoms with E-state index in [1.165, 1.54) is 5.56 Å². The van der Waals surface area contributed by atoms with Crippen LogP contribution >= 0.6 is 0 Å². The highest BCUT2D eigenvalue weighted by Gasteiger charge is 2.28. The van der Waals surface area contributed by atoms with E-state index in [9.17, 15) is 4.79 Å². The van der Waals surface area contributed by atoms with Gasteiger partial charge in [-0.25, -0.2) is 0 Å². The Morgan fingerprint density at radius 1 is 1.07 bits per heavy atom. The van der Waals surface area contributed by atoms with E-state index in [1.54, 1.807) is 10.8 Å². The van der Waals surface area contributed by atoms with Gasteiger partial charge in [0.15, 0.2) is 5.65 Å². The van der Waals surface area contributed by atoms with Crippen LogP contribution in [0, 0.1) is 5.92 Å². The number of hydrogen-bond donors (Lipinski definition) is 0. The van der Waals surface area contributed by atoms with Crippen molar-refractivity contribution in [2.24, 2.45) is 5.92 Å². The van der Waals surface area contributed by atoms with Gasteiger partial charge in [0.2, 0.25) is 5.91 Å². The molecule has 4 heterocycles. The minimum Gasteiger partial charge on any atom is -0.355 e. The highest BCUT2D eigenvalue weighted by Crippen LogP contribution is 2.30. The number of rotatable bonds is 3. The highest BCUT2D eigenvalue weighted by molar-refractivity contribution is 5.95. The number of anilines is 2. The number of aromatic nitrogens is 4. The molecule has 27 heavy (non-hydrogen) atoms. The number of carbonyl (C=O) groups is 1. The molecule has 7 nitrogen and oxygen atoms in total. The average Bonchev–Trinajstić information content (AvgIpc) is 3.35. The second kappa shape index (κ2) is 6.64. The molecule has 138 valence electrons. The SMILES string of the molecule is O=C(CC1CCN(c2ccc3nncn3n2)CC1)N1CCc2ccccc21. The van der Waals surface area contributed by atoms with Crippen LogP contribution in [0.25, 0.3) is 5.65 Å². The second-order valence-corrected chi connectivity index (χ2v) is 7.38. The predicted molar refractivity (Wildman–Crippen MR) is 103 cm³/mol. The Morgan fingerprint density at radius 3 is 2.81 bits per heavy atom. The third-order valence-electron chi connectivity index (χ3n) is 5.74. The number of carbonyl (C=O) groups excluding carboxylic acids is 1. The van der Waals surface area contributed by atoms with Gasteiger partial charge in [-0.1, -0.05) is 18.2 Å². The van der Waals surface area contributed by atoms with Crippen LogP contribution in [0.4, 0.5) is 11.5 Å². The third-order valence-corrected chi connectivity index (χ3v) is 5.74. The molecular weight excluding hydrogens is 340 g/mol. The summed E-state index contributed by atoms with van der Waals surface area (Å²) in [6, 6.07) is 12.2. The van der Waals surface area contributed by atoms with Gasteiger partial charge in [0, 0.05) is 31.7 Å². The molecule has 1 amide bonds. The molecule has 1 fully saturated rings. The van der Waals surface area contributed by atoms with Gasteiger partial charge >= 0.3 is 0 Å². The molecule has 0 spiro atoms. The van der Waals surface area contributed by atoms with E-state index in [-0.39, 0.29) is 5.91 Å². The van der Waals surface area contributed by atoms with E-state index < -0.39 is 0 Å². The van der Waals surface area contributed by atoms with Crippen molar-refractivity contribution in [3.63, 3.8) is 0 Å². The topological polar surface area (TPSA) is 66.6 Å². The summed E-state index contributed by atoms with van der Waals surface area (Å²) >= 11 is 0. The fourth-order valence-electron chi connectivity index (χ4n) is 4.21. The Morgan fingerprint density at radius 2 is 1.93 bits per heavy atom. The van der Waals surface area contributed by atoms with Crippen molar-refractivity contribution >= 4 is 23.1 Å². The molecule has 2 aliphatic rings. The lowest BCUT2D eigenvalue weighted by Crippen LogP contribution is -2.37. The summed E-state index contributed by atoms with van der Waals surface area (Å²) in [6.07, 6.45) is 5.27. The molecule has 1 saturated heterocycles. The summed E-state index contributed by atoms with van der Waals surface area (Å²) in [6.45, 7) is 2.67. The Bertz CT molecular complexity index is 975. The maximum absolute atomic E-state index is 12.8. The number of amides is 1. The van der Waals surface area contributed by atoms with Crippen molar-refractivity contribution < 1.29 is 4.79 Å². The quantitative estimate of drug-likeness (QED) is 0.715. The largest absolute Gasteiger partial charge is 0.355 e. The highest BCUT2D eigenvalue weighted by atomic mass is 16.2. The summed E-state index contributed by atoms with van der Waals surface area (Å²) in [5, 5.41) is 12.4. The van der Waals surface area contributed by atoms with Gasteiger partial charge in [-0.2, -0.15) is 4.52 Å². The van der Waals surface area contributed by atoms with E-state index in [1.807, 2.05) is 29.2 Å². The average molecular weight is 362 g/mol. The fraction of sp³-hybridized carbons (Fsp3) is 0.400. The number of benzene rings is 1. The maximum atomic E-state index is 12.8. The molecule has 3 aromatic rings. The van der Waals surface area contributed by atoms with E-state index in [2.05, 4.69) is 32.3 Å². The van der Waals surface area contributed by atoms with Crippen LogP contribution < -0.4 is 9.80 Å². The standard InChI is InChI=1S/C20H22N6O/c27-20(25-12-9-16-3-1-2-4-17(16)25)13-15-7-10-24(11-8-15)19-6-5-18-22-21-14-26(18)23-19/h1-6,14-15H,7-13H2. The van der Waals surface area contributed by atoms with Gasteiger partial charge in [0.1, 0.15) is 12.1 Å². The zero-order chi connectivity index (χ0) is 18.2. The van der Waals surface area contributed by atoms with Gasteiger partial charge < -0.3 is 9.80 Å². The normalized spacial score (nSPS) is 17.5. The van der Waals surface area contributed by atoms with Crippen molar-refractivity contribution in [3.05, 3.63) is 48.3 Å². The van der Waals surface area contributed by atoms with Crippen molar-refractivity contribution in [1.29, 1.82) is 0 Å². The van der Waals surface area contributed by atoms with E-state index >= 15 is 0 Å². The zero-order valence-corrected chi connectivity index (χ0v) is 15.2. The van der Waals surface area contributed by atoms with E-state index in [0.29, 0.717) is 12.3 Å². The lowest BCUT2D eigenvalue weighted by atomic mass is 9.93. The Balaban J connectivity index is 1.20. The van der Waals surface area contributed by atoms with Crippen molar-refractivity contribution in [1.82, 2.24) is 19.8 Å². The minimum absolute atomic E-state index is 0.266. The zero-order valence-electron chi connectivity index (χ0n) is 15.2. The van der Waals surface area contributed by atoms with Crippen LogP contribution in [0.3, 0.4) is 0 Å². The maximum Gasteiger partial charge on any atom is 0.227 e. The third kappa shape index (κ3) is 3.03. The van der Waals surface area contributed by atoms with Crippen LogP contribution in [0.15, 0.2) is 42.7 Å². The molecular formula is C20H22N6O. The van der Waals surface area contributed by atoms with Crippen molar-refractivity contribution in [2.75, 3.05) is 29.4 Å². The summed E-state index contributed by atoms with van der Waals surface area (Å²) in [4.78, 5) is 17.1. The summed E-state index contributed by atoms with van der Waals surface area (Å²) in [7, 11) is 0. The molecule has 0 unspecified atom stereocenters. The Labute approximate surface area is 157 Å². The molecule has 0 saturated carbocycles. The Hall–Kier alpha value is -2.96. The van der Waals surface area contributed by atoms with E-state index in [4.69, 9.17) is 0 Å². The first kappa shape index (κ1) is 16.2. The smallest absolute Gasteiger partial charge is 0.227 e. The van der Waals surface area contributed by atoms with Crippen LogP contribution in [-0.2, 0) is 11.2 Å². The molecule has 2 aromatic heterocycles. The van der Waals surface area contributed by atoms with Gasteiger partial charge in [0.25, 0.3) is 0 Å². The molecule has 1 aromatic carbocycles. The summed E-state index contributed by atoms with van der Waals surface area (Å²) < 4.78 is 1.70. The van der Waals surface area contributed by atoms with Crippen molar-refractivity contribution in [3.8, 4) is 0 Å². The van der Waals surface area contributed by atoms with Gasteiger partial charge in [-0.3, -0.25) is 4.79 Å². The predicted octanol–water partition coefficient (Wildman–Crippen LogP) is 2.32. The van der Waals surface area contributed by atoms with Gasteiger partial charge in [0.05, 0.1) is 0 Å². The number of fused-ring (bicyclic) bond motifs is 2. The van der Waals surface area contributed by atoms with Gasteiger partial charge in [-0.15, -0.1) is 15.3 Å². The fourth-order valence-corrected chi connectivity index (χ4v) is 4.21. The molecule has 7 heteroatoms. The first-order chi connectivity index (χ1) is 13.3. The monoisotopic (exact) mass is 362 g/mol. The number of hydrogen-bond acceptors (Lipinski definition) is 5. The summed E-state index contributed by atoms with van der Waals surface area (Å²) in [5.41, 5.74) is 3.15. The molecule has 0 bridgehead atoms. The van der Waals surface area contributed by atoms with Crippen LogP contribution in [-0.4, -0.2) is 45.4 Å². The molecule has 0 radical (unpaired) electrons. The van der Waals surface area contributed by atoms with Crippen LogP contribution in [0.5, 0.6) is 0 Å².